The molecule has 0 spiro atoms. The molecule has 0 bridgehead atoms. The highest BCUT2D eigenvalue weighted by Gasteiger charge is 2.50. The lowest BCUT2D eigenvalue weighted by Gasteiger charge is -2.47. The van der Waals surface area contributed by atoms with Crippen molar-refractivity contribution < 1.29 is 33.0 Å². The zero-order valence-electron chi connectivity index (χ0n) is 33.9. The molecule has 1 heterocycles. The van der Waals surface area contributed by atoms with Gasteiger partial charge in [0.25, 0.3) is 0 Å². The molecule has 10 heteroatoms. The number of halogens is 1. The molecule has 1 rings (SSSR count). The van der Waals surface area contributed by atoms with Crippen molar-refractivity contribution in [2.75, 3.05) is 0 Å². The number of aliphatic carboxylic acids is 1. The Morgan fingerprint density at radius 1 is 0.980 bits per heavy atom. The molecule has 0 unspecified atom stereocenters. The van der Waals surface area contributed by atoms with E-state index < -0.39 is 52.0 Å². The van der Waals surface area contributed by atoms with E-state index in [2.05, 4.69) is 79.6 Å². The monoisotopic (exact) mass is 735 g/mol. The summed E-state index contributed by atoms with van der Waals surface area (Å²) in [5, 5.41) is 20.1. The maximum atomic E-state index is 14.7. The van der Waals surface area contributed by atoms with Crippen molar-refractivity contribution in [2.45, 2.75) is 169 Å². The number of aromatic nitrogens is 1. The highest BCUT2D eigenvalue weighted by atomic mass is 28.4. The van der Waals surface area contributed by atoms with E-state index in [0.717, 1.165) is 24.8 Å². The molecule has 0 saturated heterocycles. The Kier molecular flexibility index (Phi) is 17.2. The van der Waals surface area contributed by atoms with E-state index in [0.29, 0.717) is 12.1 Å². The summed E-state index contributed by atoms with van der Waals surface area (Å²) >= 11 is 0. The van der Waals surface area contributed by atoms with E-state index in [9.17, 15) is 24.2 Å². The van der Waals surface area contributed by atoms with Gasteiger partial charge in [0.2, 0.25) is 0 Å². The minimum atomic E-state index is -2.40. The van der Waals surface area contributed by atoms with Crippen LogP contribution in [0.15, 0.2) is 41.9 Å². The lowest BCUT2D eigenvalue weighted by atomic mass is 9.71. The predicted molar refractivity (Wildman–Crippen MR) is 210 cm³/mol. The minimum absolute atomic E-state index is 0.00799. The van der Waals surface area contributed by atoms with Crippen LogP contribution in [0.3, 0.4) is 0 Å². The third-order valence-electron chi connectivity index (χ3n) is 11.2. The molecule has 0 aliphatic rings. The number of allylic oxidation sites excluding steroid dienone is 1. The second-order valence-corrected chi connectivity index (χ2v) is 27.4. The first kappa shape index (κ1) is 46.0. The van der Waals surface area contributed by atoms with Crippen LogP contribution in [-0.4, -0.2) is 61.9 Å². The molecule has 7 nitrogen and oxygen atoms in total. The second-order valence-electron chi connectivity index (χ2n) is 17.9. The fourth-order valence-corrected chi connectivity index (χ4v) is 8.42. The number of aliphatic hydroxyl groups is 1. The quantitative estimate of drug-likeness (QED) is 0.101. The van der Waals surface area contributed by atoms with Gasteiger partial charge in [-0.3, -0.25) is 14.6 Å². The highest BCUT2D eigenvalue weighted by molar-refractivity contribution is 6.74. The number of pyridine rings is 1. The fourth-order valence-electron chi connectivity index (χ4n) is 5.54. The Morgan fingerprint density at radius 3 is 2.02 bits per heavy atom. The van der Waals surface area contributed by atoms with E-state index >= 15 is 0 Å². The van der Waals surface area contributed by atoms with Crippen LogP contribution in [-0.2, 0) is 18.4 Å². The van der Waals surface area contributed by atoms with Crippen LogP contribution >= 0.6 is 0 Å². The second kappa shape index (κ2) is 18.7. The molecule has 0 aliphatic heterocycles. The topological polar surface area (TPSA) is 106 Å². The number of carbonyl (C=O) groups excluding carboxylic acids is 1. The molecule has 1 aromatic heterocycles. The van der Waals surface area contributed by atoms with Gasteiger partial charge in [0.05, 0.1) is 24.3 Å². The number of carbonyl (C=O) groups is 2. The van der Waals surface area contributed by atoms with Crippen molar-refractivity contribution >= 4 is 34.5 Å². The minimum Gasteiger partial charge on any atom is -0.481 e. The van der Waals surface area contributed by atoms with Crippen LogP contribution < -0.4 is 0 Å². The summed E-state index contributed by atoms with van der Waals surface area (Å²) in [5.41, 5.74) is 0.470. The summed E-state index contributed by atoms with van der Waals surface area (Å²) in [7, 11) is -4.71. The van der Waals surface area contributed by atoms with Gasteiger partial charge in [0, 0.05) is 17.5 Å². The Labute approximate surface area is 305 Å². The van der Waals surface area contributed by atoms with Crippen molar-refractivity contribution in [1.82, 2.24) is 4.98 Å². The normalized spacial score (nSPS) is 17.2. The molecule has 0 aliphatic carbocycles. The Balaban J connectivity index is 3.28. The number of Topliss-reactive ketones (excluding diaryl/α,β-unsaturated/α-hetero) is 1. The summed E-state index contributed by atoms with van der Waals surface area (Å²) in [6.07, 6.45) is 5.30. The van der Waals surface area contributed by atoms with Crippen LogP contribution in [0.2, 0.25) is 36.3 Å². The van der Waals surface area contributed by atoms with Gasteiger partial charge in [-0.05, 0) is 99.4 Å². The lowest BCUT2D eigenvalue weighted by Crippen LogP contribution is -2.54. The summed E-state index contributed by atoms with van der Waals surface area (Å²) in [5.74, 6) is -2.00. The average molecular weight is 736 g/mol. The summed E-state index contributed by atoms with van der Waals surface area (Å²) in [4.78, 5) is 31.0. The Bertz CT molecular complexity index is 1300. The number of rotatable bonds is 20. The molecule has 50 heavy (non-hydrogen) atoms. The molecule has 0 aromatic carbocycles. The standard InChI is InChI=1S/C40H70FNO6Si2/c1-16-31(37(46)40(10,11)34(27-35(44)45)47-49(12,13)38(4,5)6)36(48-50(14,15)39(7,8)9)29(3)21-19-20-28(2)23-24-33(43)32(41)26-30-22-17-18-25-42-30/h17-18,22-23,25-26,29,31,33-34,36,43H,16,19-21,24,27H2,1-15H3,(H,44,45)/t29-,31+,33-,34-,36-/m0/s1. The van der Waals surface area contributed by atoms with Gasteiger partial charge >= 0.3 is 5.97 Å². The first-order valence-electron chi connectivity index (χ1n) is 18.4. The molecule has 0 radical (unpaired) electrons. The molecular formula is C40H70FNO6Si2. The number of nitrogens with zero attached hydrogens (tertiary/aromatic N) is 1. The maximum Gasteiger partial charge on any atom is 0.305 e. The molecule has 0 saturated carbocycles. The van der Waals surface area contributed by atoms with Gasteiger partial charge in [-0.15, -0.1) is 0 Å². The maximum absolute atomic E-state index is 14.7. The van der Waals surface area contributed by atoms with E-state index in [1.165, 1.54) is 6.08 Å². The number of hydrogen-bond acceptors (Lipinski definition) is 6. The first-order chi connectivity index (χ1) is 22.7. The van der Waals surface area contributed by atoms with Crippen LogP contribution in [0.25, 0.3) is 6.08 Å². The Hall–Kier alpha value is -1.99. The Morgan fingerprint density at radius 2 is 1.54 bits per heavy atom. The van der Waals surface area contributed by atoms with Gasteiger partial charge < -0.3 is 19.1 Å². The molecule has 1 aromatic rings. The van der Waals surface area contributed by atoms with Gasteiger partial charge in [0.15, 0.2) is 16.6 Å². The van der Waals surface area contributed by atoms with Crippen molar-refractivity contribution in [2.24, 2.45) is 17.3 Å². The van der Waals surface area contributed by atoms with Crippen molar-refractivity contribution in [3.63, 3.8) is 0 Å². The predicted octanol–water partition coefficient (Wildman–Crippen LogP) is 10.8. The number of aliphatic hydroxyl groups excluding tert-OH is 1. The molecule has 0 fully saturated rings. The smallest absolute Gasteiger partial charge is 0.305 e. The van der Waals surface area contributed by atoms with Crippen LogP contribution in [0, 0.1) is 17.3 Å². The number of hydrogen-bond donors (Lipinski definition) is 2. The third kappa shape index (κ3) is 13.5. The zero-order valence-corrected chi connectivity index (χ0v) is 35.9. The molecule has 286 valence electrons. The first-order valence-corrected chi connectivity index (χ1v) is 24.2. The summed E-state index contributed by atoms with van der Waals surface area (Å²) in [6.45, 7) is 31.4. The van der Waals surface area contributed by atoms with Crippen molar-refractivity contribution in [3.8, 4) is 0 Å². The average Bonchev–Trinajstić information content (AvgIpc) is 2.98. The summed E-state index contributed by atoms with van der Waals surface area (Å²) < 4.78 is 28.4. The molecule has 0 amide bonds. The van der Waals surface area contributed by atoms with E-state index in [1.54, 1.807) is 24.4 Å². The van der Waals surface area contributed by atoms with Crippen LogP contribution in [0.4, 0.5) is 4.39 Å². The van der Waals surface area contributed by atoms with E-state index in [1.807, 2.05) is 33.8 Å². The lowest BCUT2D eigenvalue weighted by molar-refractivity contribution is -0.147. The molecular weight excluding hydrogens is 666 g/mol. The molecule has 5 atom stereocenters. The van der Waals surface area contributed by atoms with Crippen LogP contribution in [0.5, 0.6) is 0 Å². The zero-order chi connectivity index (χ0) is 38.9. The van der Waals surface area contributed by atoms with Gasteiger partial charge in [-0.2, -0.15) is 0 Å². The molecule has 2 N–H and O–H groups in total. The highest BCUT2D eigenvalue weighted by Crippen LogP contribution is 2.44. The van der Waals surface area contributed by atoms with Gasteiger partial charge in [-0.25, -0.2) is 4.39 Å². The largest absolute Gasteiger partial charge is 0.481 e. The SMILES string of the molecule is CC[C@@H](C(=O)C(C)(C)[C@H](CC(=O)O)O[Si](C)(C)C(C)(C)C)[C@@H](O[Si](C)(C)C(C)(C)C)[C@@H](C)CCCC(C)=CC[C@H](O)C(F)=Cc1ccccn1. The number of carboxylic acids is 1. The summed E-state index contributed by atoms with van der Waals surface area (Å²) in [6, 6.07) is 5.21. The third-order valence-corrected chi connectivity index (χ3v) is 20.2. The fraction of sp³-hybridized carbons (Fsp3) is 0.725. The van der Waals surface area contributed by atoms with E-state index in [4.69, 9.17) is 8.85 Å². The van der Waals surface area contributed by atoms with Gasteiger partial charge in [-0.1, -0.05) is 87.0 Å². The van der Waals surface area contributed by atoms with Crippen LogP contribution in [0.1, 0.15) is 120 Å². The van der Waals surface area contributed by atoms with Crippen molar-refractivity contribution in [3.05, 3.63) is 47.6 Å². The number of ketones is 1. The van der Waals surface area contributed by atoms with E-state index in [-0.39, 0.29) is 40.7 Å². The van der Waals surface area contributed by atoms with Crippen molar-refractivity contribution in [1.29, 1.82) is 0 Å². The number of carboxylic acid groups (broad SMARTS) is 1. The van der Waals surface area contributed by atoms with Gasteiger partial charge in [0.1, 0.15) is 17.7 Å².